The predicted octanol–water partition coefficient (Wildman–Crippen LogP) is 3.88. The topological polar surface area (TPSA) is 24.9 Å². The standard InChI is InChI=1S/C16H22N2S/c1-10-6-7-14(11(2)8-10)15(17-5)9-16-18-12(3)13(4)19-16/h6-8,15,17H,9H2,1-5H3. The second-order valence-electron chi connectivity index (χ2n) is 5.15. The van der Waals surface area contributed by atoms with Gasteiger partial charge in [-0.25, -0.2) is 4.98 Å². The summed E-state index contributed by atoms with van der Waals surface area (Å²) in [6.45, 7) is 8.55. The molecule has 0 spiro atoms. The number of aromatic nitrogens is 1. The fourth-order valence-corrected chi connectivity index (χ4v) is 3.36. The molecule has 1 N–H and O–H groups in total. The number of benzene rings is 1. The maximum atomic E-state index is 4.65. The van der Waals surface area contributed by atoms with Crippen LogP contribution in [-0.2, 0) is 6.42 Å². The first-order chi connectivity index (χ1) is 9.01. The Kier molecular flexibility index (Phi) is 4.38. The van der Waals surface area contributed by atoms with Crippen LogP contribution in [0, 0.1) is 27.7 Å². The fraction of sp³-hybridized carbons (Fsp3) is 0.438. The summed E-state index contributed by atoms with van der Waals surface area (Å²) in [5.41, 5.74) is 5.20. The van der Waals surface area contributed by atoms with E-state index in [1.807, 2.05) is 18.4 Å². The third-order valence-electron chi connectivity index (χ3n) is 3.60. The number of nitrogens with zero attached hydrogens (tertiary/aromatic N) is 1. The number of hydrogen-bond acceptors (Lipinski definition) is 3. The van der Waals surface area contributed by atoms with Crippen LogP contribution in [0.4, 0.5) is 0 Å². The lowest BCUT2D eigenvalue weighted by molar-refractivity contribution is 0.587. The van der Waals surface area contributed by atoms with Gasteiger partial charge in [0.2, 0.25) is 0 Å². The van der Waals surface area contributed by atoms with Crippen LogP contribution >= 0.6 is 11.3 Å². The summed E-state index contributed by atoms with van der Waals surface area (Å²) in [7, 11) is 2.03. The molecule has 0 amide bonds. The molecule has 0 radical (unpaired) electrons. The number of thiazole rings is 1. The van der Waals surface area contributed by atoms with Gasteiger partial charge in [-0.1, -0.05) is 23.8 Å². The lowest BCUT2D eigenvalue weighted by Crippen LogP contribution is -2.19. The lowest BCUT2D eigenvalue weighted by atomic mass is 9.97. The highest BCUT2D eigenvalue weighted by Gasteiger charge is 2.15. The van der Waals surface area contributed by atoms with Gasteiger partial charge in [-0.15, -0.1) is 11.3 Å². The molecule has 1 unspecified atom stereocenters. The smallest absolute Gasteiger partial charge is 0.0949 e. The lowest BCUT2D eigenvalue weighted by Gasteiger charge is -2.18. The Balaban J connectivity index is 2.24. The first-order valence-corrected chi connectivity index (χ1v) is 7.50. The minimum absolute atomic E-state index is 0.338. The molecule has 1 atom stereocenters. The third kappa shape index (κ3) is 3.23. The molecular formula is C16H22N2S. The van der Waals surface area contributed by atoms with Gasteiger partial charge in [0.1, 0.15) is 0 Å². The van der Waals surface area contributed by atoms with Gasteiger partial charge in [-0.3, -0.25) is 0 Å². The SMILES string of the molecule is CNC(Cc1nc(C)c(C)s1)c1ccc(C)cc1C. The van der Waals surface area contributed by atoms with Crippen LogP contribution in [-0.4, -0.2) is 12.0 Å². The maximum absolute atomic E-state index is 4.65. The molecule has 0 saturated carbocycles. The van der Waals surface area contributed by atoms with Crippen LogP contribution in [0.25, 0.3) is 0 Å². The molecular weight excluding hydrogens is 252 g/mol. The molecule has 0 aliphatic carbocycles. The predicted molar refractivity (Wildman–Crippen MR) is 83.0 cm³/mol. The summed E-state index contributed by atoms with van der Waals surface area (Å²) < 4.78 is 0. The van der Waals surface area contributed by atoms with Crippen molar-refractivity contribution in [3.8, 4) is 0 Å². The molecule has 0 fully saturated rings. The van der Waals surface area contributed by atoms with Gasteiger partial charge in [-0.2, -0.15) is 0 Å². The summed E-state index contributed by atoms with van der Waals surface area (Å²) in [6.07, 6.45) is 0.958. The Morgan fingerprint density at radius 2 is 1.95 bits per heavy atom. The Bertz CT molecular complexity index is 553. The molecule has 102 valence electrons. The monoisotopic (exact) mass is 274 g/mol. The number of hydrogen-bond donors (Lipinski definition) is 1. The molecule has 2 rings (SSSR count). The van der Waals surface area contributed by atoms with E-state index in [9.17, 15) is 0 Å². The highest BCUT2D eigenvalue weighted by molar-refractivity contribution is 7.11. The van der Waals surface area contributed by atoms with Crippen molar-refractivity contribution in [3.05, 3.63) is 50.5 Å². The number of likely N-dealkylation sites (N-methyl/N-ethyl adjacent to an activating group) is 1. The van der Waals surface area contributed by atoms with Crippen LogP contribution < -0.4 is 5.32 Å². The van der Waals surface area contributed by atoms with Crippen molar-refractivity contribution in [1.82, 2.24) is 10.3 Å². The first kappa shape index (κ1) is 14.2. The average molecular weight is 274 g/mol. The molecule has 0 bridgehead atoms. The van der Waals surface area contributed by atoms with E-state index < -0.39 is 0 Å². The number of rotatable bonds is 4. The Hall–Kier alpha value is -1.19. The van der Waals surface area contributed by atoms with Crippen molar-refractivity contribution in [1.29, 1.82) is 0 Å². The normalized spacial score (nSPS) is 12.7. The minimum Gasteiger partial charge on any atom is -0.313 e. The summed E-state index contributed by atoms with van der Waals surface area (Å²) in [5, 5.41) is 4.64. The molecule has 1 aromatic carbocycles. The third-order valence-corrected chi connectivity index (χ3v) is 4.70. The van der Waals surface area contributed by atoms with Crippen molar-refractivity contribution in [2.45, 2.75) is 40.2 Å². The molecule has 2 aromatic rings. The van der Waals surface area contributed by atoms with Gasteiger partial charge < -0.3 is 5.32 Å². The molecule has 3 heteroatoms. The molecule has 0 aliphatic heterocycles. The maximum Gasteiger partial charge on any atom is 0.0949 e. The van der Waals surface area contributed by atoms with E-state index in [-0.39, 0.29) is 0 Å². The van der Waals surface area contributed by atoms with Gasteiger partial charge in [0, 0.05) is 17.3 Å². The van der Waals surface area contributed by atoms with E-state index >= 15 is 0 Å². The largest absolute Gasteiger partial charge is 0.313 e. The fourth-order valence-electron chi connectivity index (χ4n) is 2.39. The molecule has 1 aromatic heterocycles. The van der Waals surface area contributed by atoms with Gasteiger partial charge in [-0.05, 0) is 45.9 Å². The number of nitrogens with one attached hydrogen (secondary N) is 1. The molecule has 2 nitrogen and oxygen atoms in total. The summed E-state index contributed by atoms with van der Waals surface area (Å²) in [6, 6.07) is 7.01. The van der Waals surface area contributed by atoms with E-state index in [1.54, 1.807) is 0 Å². The van der Waals surface area contributed by atoms with Gasteiger partial charge in [0.15, 0.2) is 0 Å². The van der Waals surface area contributed by atoms with Crippen LogP contribution in [0.1, 0.15) is 38.3 Å². The first-order valence-electron chi connectivity index (χ1n) is 6.68. The Labute approximate surface area is 119 Å². The Morgan fingerprint density at radius 1 is 1.21 bits per heavy atom. The average Bonchev–Trinajstić information content (AvgIpc) is 2.66. The van der Waals surface area contributed by atoms with Crippen molar-refractivity contribution in [3.63, 3.8) is 0 Å². The van der Waals surface area contributed by atoms with Crippen molar-refractivity contribution < 1.29 is 0 Å². The van der Waals surface area contributed by atoms with Crippen molar-refractivity contribution in [2.24, 2.45) is 0 Å². The number of aryl methyl sites for hydroxylation is 4. The molecule has 0 aliphatic rings. The van der Waals surface area contributed by atoms with E-state index in [0.29, 0.717) is 6.04 Å². The second-order valence-corrected chi connectivity index (χ2v) is 6.44. The van der Waals surface area contributed by atoms with E-state index in [2.05, 4.69) is 56.2 Å². The molecule has 19 heavy (non-hydrogen) atoms. The van der Waals surface area contributed by atoms with Crippen molar-refractivity contribution >= 4 is 11.3 Å². The molecule has 1 heterocycles. The highest BCUT2D eigenvalue weighted by Crippen LogP contribution is 2.25. The quantitative estimate of drug-likeness (QED) is 0.915. The van der Waals surface area contributed by atoms with Crippen LogP contribution in [0.3, 0.4) is 0 Å². The zero-order valence-electron chi connectivity index (χ0n) is 12.4. The zero-order valence-corrected chi connectivity index (χ0v) is 13.2. The Morgan fingerprint density at radius 3 is 2.47 bits per heavy atom. The summed E-state index contributed by atoms with van der Waals surface area (Å²) in [5.74, 6) is 0. The van der Waals surface area contributed by atoms with Crippen LogP contribution in [0.2, 0.25) is 0 Å². The van der Waals surface area contributed by atoms with E-state index in [1.165, 1.54) is 26.6 Å². The van der Waals surface area contributed by atoms with Gasteiger partial charge in [0.05, 0.1) is 10.7 Å². The van der Waals surface area contributed by atoms with Crippen molar-refractivity contribution in [2.75, 3.05) is 7.05 Å². The van der Waals surface area contributed by atoms with E-state index in [0.717, 1.165) is 12.1 Å². The second kappa shape index (κ2) is 5.85. The van der Waals surface area contributed by atoms with Crippen LogP contribution in [0.5, 0.6) is 0 Å². The van der Waals surface area contributed by atoms with Gasteiger partial charge >= 0.3 is 0 Å². The highest BCUT2D eigenvalue weighted by atomic mass is 32.1. The molecule has 0 saturated heterocycles. The minimum atomic E-state index is 0.338. The summed E-state index contributed by atoms with van der Waals surface area (Å²) >= 11 is 1.81. The zero-order chi connectivity index (χ0) is 14.0. The van der Waals surface area contributed by atoms with Gasteiger partial charge in [0.25, 0.3) is 0 Å². The van der Waals surface area contributed by atoms with Crippen LogP contribution in [0.15, 0.2) is 18.2 Å². The summed E-state index contributed by atoms with van der Waals surface area (Å²) in [4.78, 5) is 5.97. The van der Waals surface area contributed by atoms with E-state index in [4.69, 9.17) is 0 Å².